The molecule has 0 aliphatic heterocycles. The molecule has 0 saturated carbocycles. The molecule has 1 aromatic carbocycles. The Balaban J connectivity index is 2.13. The molecule has 0 heterocycles. The molecule has 22 heavy (non-hydrogen) atoms. The highest BCUT2D eigenvalue weighted by Gasteiger charge is 2.08. The highest BCUT2D eigenvalue weighted by atomic mass is 32.2. The summed E-state index contributed by atoms with van der Waals surface area (Å²) < 4.78 is 23.8. The molecule has 0 aliphatic rings. The fourth-order valence-electron chi connectivity index (χ4n) is 2.33. The summed E-state index contributed by atoms with van der Waals surface area (Å²) >= 11 is 0. The van der Waals surface area contributed by atoms with E-state index in [0.717, 1.165) is 12.8 Å². The first-order chi connectivity index (χ1) is 10.7. The monoisotopic (exact) mass is 320 g/mol. The minimum Gasteiger partial charge on any atom is -0.210 e. The Labute approximate surface area is 136 Å². The average molecular weight is 320 g/mol. The minimum absolute atomic E-state index is 0.287. The Morgan fingerprint density at radius 1 is 0.818 bits per heavy atom. The van der Waals surface area contributed by atoms with Gasteiger partial charge in [-0.2, -0.15) is 0 Å². The summed E-state index contributed by atoms with van der Waals surface area (Å²) in [5, 5.41) is 2.42. The molecule has 0 spiro atoms. The molecule has 0 radical (unpaired) electrons. The molecule has 0 saturated heterocycles. The van der Waals surface area contributed by atoms with Crippen molar-refractivity contribution in [1.29, 1.82) is 0 Å². The second-order valence-electron chi connectivity index (χ2n) is 5.67. The summed E-state index contributed by atoms with van der Waals surface area (Å²) in [5.41, 5.74) is 0. The first-order valence-electron chi connectivity index (χ1n) is 8.46. The second kappa shape index (κ2) is 11.3. The molecule has 0 aliphatic carbocycles. The SMILES string of the molecule is CCCCCCCCCCCC#CS(=O)(=O)c1ccccc1. The largest absolute Gasteiger partial charge is 0.245 e. The van der Waals surface area contributed by atoms with E-state index in [-0.39, 0.29) is 4.90 Å². The van der Waals surface area contributed by atoms with E-state index in [0.29, 0.717) is 6.42 Å². The zero-order valence-electron chi connectivity index (χ0n) is 13.7. The Kier molecular flexibility index (Phi) is 9.66. The highest BCUT2D eigenvalue weighted by Crippen LogP contribution is 2.11. The molecule has 0 atom stereocenters. The lowest BCUT2D eigenvalue weighted by Crippen LogP contribution is -1.95. The first-order valence-corrected chi connectivity index (χ1v) is 9.95. The van der Waals surface area contributed by atoms with E-state index in [1.807, 2.05) is 0 Å². The van der Waals surface area contributed by atoms with Crippen LogP contribution < -0.4 is 0 Å². The van der Waals surface area contributed by atoms with E-state index in [1.54, 1.807) is 30.3 Å². The van der Waals surface area contributed by atoms with Crippen LogP contribution in [0.5, 0.6) is 0 Å². The maximum atomic E-state index is 11.9. The molecular weight excluding hydrogens is 292 g/mol. The lowest BCUT2D eigenvalue weighted by Gasteiger charge is -2.00. The molecule has 0 bridgehead atoms. The fraction of sp³-hybridized carbons (Fsp3) is 0.579. The predicted octanol–water partition coefficient (Wildman–Crippen LogP) is 5.34. The quantitative estimate of drug-likeness (QED) is 0.331. The van der Waals surface area contributed by atoms with E-state index in [9.17, 15) is 8.42 Å². The summed E-state index contributed by atoms with van der Waals surface area (Å²) in [4.78, 5) is 0.287. The van der Waals surface area contributed by atoms with E-state index in [1.165, 1.54) is 44.9 Å². The van der Waals surface area contributed by atoms with Crippen molar-refractivity contribution in [3.05, 3.63) is 30.3 Å². The molecule has 0 N–H and O–H groups in total. The van der Waals surface area contributed by atoms with Crippen LogP contribution in [0.2, 0.25) is 0 Å². The van der Waals surface area contributed by atoms with Crippen LogP contribution in [0, 0.1) is 11.2 Å². The van der Waals surface area contributed by atoms with Gasteiger partial charge in [-0.3, -0.25) is 0 Å². The summed E-state index contributed by atoms with van der Waals surface area (Å²) in [6, 6.07) is 8.41. The third kappa shape index (κ3) is 8.24. The van der Waals surface area contributed by atoms with Gasteiger partial charge in [-0.25, -0.2) is 8.42 Å². The third-order valence-electron chi connectivity index (χ3n) is 3.67. The average Bonchev–Trinajstić information content (AvgIpc) is 2.53. The van der Waals surface area contributed by atoms with Gasteiger partial charge in [-0.15, -0.1) is 0 Å². The lowest BCUT2D eigenvalue weighted by molar-refractivity contribution is 0.567. The smallest absolute Gasteiger partial charge is 0.210 e. The van der Waals surface area contributed by atoms with E-state index in [4.69, 9.17) is 0 Å². The normalized spacial score (nSPS) is 11.0. The van der Waals surface area contributed by atoms with Crippen LogP contribution in [0.15, 0.2) is 35.2 Å². The number of hydrogen-bond donors (Lipinski definition) is 0. The van der Waals surface area contributed by atoms with Gasteiger partial charge in [-0.1, -0.05) is 82.4 Å². The first kappa shape index (κ1) is 18.8. The number of sulfone groups is 1. The topological polar surface area (TPSA) is 34.1 Å². The molecule has 2 nitrogen and oxygen atoms in total. The van der Waals surface area contributed by atoms with Gasteiger partial charge in [0.15, 0.2) is 0 Å². The summed E-state index contributed by atoms with van der Waals surface area (Å²) in [7, 11) is -3.43. The molecule has 122 valence electrons. The van der Waals surface area contributed by atoms with Crippen LogP contribution in [0.4, 0.5) is 0 Å². The summed E-state index contributed by atoms with van der Waals surface area (Å²) in [6.07, 6.45) is 12.0. The van der Waals surface area contributed by atoms with Crippen LogP contribution in [-0.4, -0.2) is 8.42 Å². The lowest BCUT2D eigenvalue weighted by atomic mass is 10.1. The van der Waals surface area contributed by atoms with Gasteiger partial charge in [0.2, 0.25) is 9.84 Å². The number of benzene rings is 1. The zero-order valence-corrected chi connectivity index (χ0v) is 14.5. The van der Waals surface area contributed by atoms with Crippen LogP contribution in [-0.2, 0) is 9.84 Å². The van der Waals surface area contributed by atoms with Crippen LogP contribution in [0.1, 0.15) is 71.1 Å². The Hall–Kier alpha value is -1.27. The molecule has 1 rings (SSSR count). The van der Waals surface area contributed by atoms with Gasteiger partial charge in [0.05, 0.1) is 4.90 Å². The van der Waals surface area contributed by atoms with Crippen LogP contribution in [0.3, 0.4) is 0 Å². The highest BCUT2D eigenvalue weighted by molar-refractivity contribution is 7.96. The molecular formula is C19H28O2S. The van der Waals surface area contributed by atoms with Gasteiger partial charge >= 0.3 is 0 Å². The van der Waals surface area contributed by atoms with Crippen LogP contribution >= 0.6 is 0 Å². The number of rotatable bonds is 10. The Morgan fingerprint density at radius 3 is 1.95 bits per heavy atom. The molecule has 3 heteroatoms. The van der Waals surface area contributed by atoms with Gasteiger partial charge in [-0.05, 0) is 18.6 Å². The van der Waals surface area contributed by atoms with Crippen LogP contribution in [0.25, 0.3) is 0 Å². The molecule has 0 aromatic heterocycles. The zero-order chi connectivity index (χ0) is 16.1. The van der Waals surface area contributed by atoms with Crippen molar-refractivity contribution in [2.75, 3.05) is 0 Å². The van der Waals surface area contributed by atoms with Gasteiger partial charge in [0.1, 0.15) is 0 Å². The number of hydrogen-bond acceptors (Lipinski definition) is 2. The molecule has 1 aromatic rings. The number of unbranched alkanes of at least 4 members (excludes halogenated alkanes) is 9. The maximum Gasteiger partial charge on any atom is 0.245 e. The Morgan fingerprint density at radius 2 is 1.36 bits per heavy atom. The molecule has 0 fully saturated rings. The standard InChI is InChI=1S/C19H28O2S/c1-2-3-4-5-6-7-8-9-10-11-15-18-22(20,21)19-16-13-12-14-17-19/h12-14,16-17H,2-11H2,1H3. The third-order valence-corrected chi connectivity index (χ3v) is 4.97. The summed E-state index contributed by atoms with van der Waals surface area (Å²) in [6.45, 7) is 2.24. The van der Waals surface area contributed by atoms with Gasteiger partial charge in [0.25, 0.3) is 0 Å². The van der Waals surface area contributed by atoms with E-state index in [2.05, 4.69) is 18.1 Å². The van der Waals surface area contributed by atoms with E-state index < -0.39 is 9.84 Å². The minimum atomic E-state index is -3.43. The van der Waals surface area contributed by atoms with E-state index >= 15 is 0 Å². The van der Waals surface area contributed by atoms with Crippen molar-refractivity contribution in [1.82, 2.24) is 0 Å². The fourth-order valence-corrected chi connectivity index (χ4v) is 3.25. The maximum absolute atomic E-state index is 11.9. The van der Waals surface area contributed by atoms with Crippen molar-refractivity contribution in [2.24, 2.45) is 0 Å². The molecule has 0 unspecified atom stereocenters. The summed E-state index contributed by atoms with van der Waals surface area (Å²) in [5.74, 6) is 2.80. The van der Waals surface area contributed by atoms with Gasteiger partial charge in [0, 0.05) is 11.7 Å². The van der Waals surface area contributed by atoms with Crippen molar-refractivity contribution in [3.63, 3.8) is 0 Å². The predicted molar refractivity (Wildman–Crippen MR) is 93.2 cm³/mol. The second-order valence-corrected chi connectivity index (χ2v) is 7.36. The van der Waals surface area contributed by atoms with Crippen molar-refractivity contribution in [3.8, 4) is 11.2 Å². The van der Waals surface area contributed by atoms with Gasteiger partial charge < -0.3 is 0 Å². The van der Waals surface area contributed by atoms with Crippen molar-refractivity contribution >= 4 is 9.84 Å². The Bertz CT molecular complexity index is 550. The van der Waals surface area contributed by atoms with Crippen molar-refractivity contribution < 1.29 is 8.42 Å². The molecule has 0 amide bonds. The van der Waals surface area contributed by atoms with Crippen molar-refractivity contribution in [2.45, 2.75) is 76.0 Å².